The third-order valence-electron chi connectivity index (χ3n) is 3.46. The van der Waals surface area contributed by atoms with Crippen molar-refractivity contribution in [3.05, 3.63) is 0 Å². The molecule has 2 rings (SSSR count). The van der Waals surface area contributed by atoms with E-state index in [9.17, 15) is 13.2 Å². The van der Waals surface area contributed by atoms with Gasteiger partial charge in [0.1, 0.15) is 0 Å². The number of alkyl halides is 3. The van der Waals surface area contributed by atoms with Crippen LogP contribution in [-0.2, 0) is 0 Å². The second-order valence-corrected chi connectivity index (χ2v) is 4.33. The first-order valence-electron chi connectivity index (χ1n) is 4.53. The second-order valence-electron chi connectivity index (χ2n) is 4.33. The van der Waals surface area contributed by atoms with Crippen LogP contribution in [0.2, 0.25) is 0 Å². The summed E-state index contributed by atoms with van der Waals surface area (Å²) < 4.78 is 38.1. The van der Waals surface area contributed by atoms with E-state index in [1.165, 1.54) is 6.92 Å². The molecule has 0 saturated heterocycles. The highest BCUT2D eigenvalue weighted by atomic mass is 19.4. The molecule has 70 valence electrons. The van der Waals surface area contributed by atoms with Gasteiger partial charge in [0.25, 0.3) is 0 Å². The highest BCUT2D eigenvalue weighted by molar-refractivity contribution is 5.04. The minimum atomic E-state index is -3.98. The summed E-state index contributed by atoms with van der Waals surface area (Å²) >= 11 is 0. The maximum atomic E-state index is 12.7. The summed E-state index contributed by atoms with van der Waals surface area (Å²) in [7, 11) is 0. The molecule has 2 saturated carbocycles. The minimum Gasteiger partial charge on any atom is -0.170 e. The number of hydrogen-bond acceptors (Lipinski definition) is 0. The zero-order chi connectivity index (χ0) is 8.98. The number of hydrogen-bond donors (Lipinski definition) is 0. The van der Waals surface area contributed by atoms with Crippen molar-refractivity contribution in [3.8, 4) is 0 Å². The van der Waals surface area contributed by atoms with Crippen LogP contribution < -0.4 is 0 Å². The van der Waals surface area contributed by atoms with Gasteiger partial charge >= 0.3 is 6.18 Å². The fourth-order valence-electron chi connectivity index (χ4n) is 2.16. The van der Waals surface area contributed by atoms with Gasteiger partial charge < -0.3 is 0 Å². The summed E-state index contributed by atoms with van der Waals surface area (Å²) in [5.74, 6) is -0.130. The Morgan fingerprint density at radius 1 is 0.917 bits per heavy atom. The summed E-state index contributed by atoms with van der Waals surface area (Å²) in [6.45, 7) is 1.42. The van der Waals surface area contributed by atoms with Crippen molar-refractivity contribution in [2.45, 2.75) is 38.8 Å². The van der Waals surface area contributed by atoms with Gasteiger partial charge in [-0.05, 0) is 37.5 Å². The Kier molecular flexibility index (Phi) is 1.52. The largest absolute Gasteiger partial charge is 0.394 e. The summed E-state index contributed by atoms with van der Waals surface area (Å²) in [5, 5.41) is 0. The van der Waals surface area contributed by atoms with E-state index in [-0.39, 0.29) is 11.8 Å². The van der Waals surface area contributed by atoms with Gasteiger partial charge in [0.2, 0.25) is 0 Å². The summed E-state index contributed by atoms with van der Waals surface area (Å²) in [5.41, 5.74) is -1.34. The van der Waals surface area contributed by atoms with Crippen LogP contribution in [0.25, 0.3) is 0 Å². The molecule has 2 fully saturated rings. The molecular formula is C9H13F3. The van der Waals surface area contributed by atoms with Gasteiger partial charge in [-0.25, -0.2) is 0 Å². The Morgan fingerprint density at radius 3 is 1.42 bits per heavy atom. The predicted octanol–water partition coefficient (Wildman–Crippen LogP) is 3.38. The minimum absolute atomic E-state index is 0.0648. The van der Waals surface area contributed by atoms with Crippen LogP contribution in [-0.4, -0.2) is 6.18 Å². The van der Waals surface area contributed by atoms with Crippen LogP contribution in [0.4, 0.5) is 13.2 Å². The Balaban J connectivity index is 2.20. The molecule has 12 heavy (non-hydrogen) atoms. The van der Waals surface area contributed by atoms with E-state index < -0.39 is 11.6 Å². The number of rotatable bonds is 2. The SMILES string of the molecule is CC(C1CC1)(C1CC1)C(F)(F)F. The Hall–Kier alpha value is -0.210. The van der Waals surface area contributed by atoms with Gasteiger partial charge in [0.15, 0.2) is 0 Å². The molecular weight excluding hydrogens is 165 g/mol. The maximum absolute atomic E-state index is 12.7. The van der Waals surface area contributed by atoms with Gasteiger partial charge in [0.05, 0.1) is 5.41 Å². The van der Waals surface area contributed by atoms with Crippen molar-refractivity contribution in [1.82, 2.24) is 0 Å². The average molecular weight is 178 g/mol. The topological polar surface area (TPSA) is 0 Å². The summed E-state index contributed by atoms with van der Waals surface area (Å²) in [6, 6.07) is 0. The van der Waals surface area contributed by atoms with Gasteiger partial charge in [-0.2, -0.15) is 13.2 Å². The van der Waals surface area contributed by atoms with Gasteiger partial charge in [-0.1, -0.05) is 6.92 Å². The highest BCUT2D eigenvalue weighted by Crippen LogP contribution is 2.64. The van der Waals surface area contributed by atoms with Crippen molar-refractivity contribution in [1.29, 1.82) is 0 Å². The Morgan fingerprint density at radius 2 is 1.25 bits per heavy atom. The zero-order valence-electron chi connectivity index (χ0n) is 7.12. The molecule has 0 N–H and O–H groups in total. The summed E-state index contributed by atoms with van der Waals surface area (Å²) in [6.07, 6.45) is -0.840. The van der Waals surface area contributed by atoms with Gasteiger partial charge in [-0.3, -0.25) is 0 Å². The van der Waals surface area contributed by atoms with Crippen molar-refractivity contribution in [3.63, 3.8) is 0 Å². The lowest BCUT2D eigenvalue weighted by atomic mass is 9.79. The van der Waals surface area contributed by atoms with Gasteiger partial charge in [-0.15, -0.1) is 0 Å². The van der Waals surface area contributed by atoms with E-state index in [2.05, 4.69) is 0 Å². The first kappa shape index (κ1) is 8.39. The molecule has 0 atom stereocenters. The smallest absolute Gasteiger partial charge is 0.170 e. The lowest BCUT2D eigenvalue weighted by Gasteiger charge is -2.32. The molecule has 0 amide bonds. The van der Waals surface area contributed by atoms with Crippen LogP contribution in [0.1, 0.15) is 32.6 Å². The van der Waals surface area contributed by atoms with Crippen molar-refractivity contribution in [2.24, 2.45) is 17.3 Å². The highest BCUT2D eigenvalue weighted by Gasteiger charge is 2.65. The molecule has 0 aliphatic heterocycles. The third-order valence-corrected chi connectivity index (χ3v) is 3.46. The van der Waals surface area contributed by atoms with Crippen LogP contribution in [0.5, 0.6) is 0 Å². The first-order chi connectivity index (χ1) is 5.46. The standard InChI is InChI=1S/C9H13F3/c1-8(6-2-3-6,7-4-5-7)9(10,11)12/h6-7H,2-5H2,1H3. The summed E-state index contributed by atoms with van der Waals surface area (Å²) in [4.78, 5) is 0. The molecule has 0 unspecified atom stereocenters. The molecule has 0 radical (unpaired) electrons. The molecule has 0 aromatic heterocycles. The number of halogens is 3. The molecule has 0 aromatic rings. The normalized spacial score (nSPS) is 26.0. The Labute approximate surface area is 70.1 Å². The molecule has 0 nitrogen and oxygen atoms in total. The van der Waals surface area contributed by atoms with E-state index in [1.54, 1.807) is 0 Å². The lowest BCUT2D eigenvalue weighted by Crippen LogP contribution is -2.39. The maximum Gasteiger partial charge on any atom is 0.394 e. The van der Waals surface area contributed by atoms with E-state index >= 15 is 0 Å². The zero-order valence-corrected chi connectivity index (χ0v) is 7.12. The third kappa shape index (κ3) is 1.05. The Bertz CT molecular complexity index is 174. The molecule has 3 heteroatoms. The fourth-order valence-corrected chi connectivity index (χ4v) is 2.16. The van der Waals surface area contributed by atoms with Crippen LogP contribution in [0.15, 0.2) is 0 Å². The van der Waals surface area contributed by atoms with Crippen LogP contribution >= 0.6 is 0 Å². The molecule has 0 heterocycles. The predicted molar refractivity (Wildman–Crippen MR) is 39.6 cm³/mol. The average Bonchev–Trinajstić information content (AvgIpc) is 2.79. The van der Waals surface area contributed by atoms with E-state index in [0.29, 0.717) is 0 Å². The van der Waals surface area contributed by atoms with Gasteiger partial charge in [0, 0.05) is 0 Å². The van der Waals surface area contributed by atoms with E-state index in [0.717, 1.165) is 25.7 Å². The monoisotopic (exact) mass is 178 g/mol. The molecule has 0 bridgehead atoms. The second kappa shape index (κ2) is 2.18. The lowest BCUT2D eigenvalue weighted by molar-refractivity contribution is -0.233. The first-order valence-corrected chi connectivity index (χ1v) is 4.53. The molecule has 0 aromatic carbocycles. The molecule has 2 aliphatic rings. The van der Waals surface area contributed by atoms with Crippen molar-refractivity contribution < 1.29 is 13.2 Å². The van der Waals surface area contributed by atoms with E-state index in [1.807, 2.05) is 0 Å². The van der Waals surface area contributed by atoms with Crippen molar-refractivity contribution in [2.75, 3.05) is 0 Å². The van der Waals surface area contributed by atoms with Crippen LogP contribution in [0, 0.1) is 17.3 Å². The van der Waals surface area contributed by atoms with E-state index in [4.69, 9.17) is 0 Å². The molecule has 0 spiro atoms. The van der Waals surface area contributed by atoms with Crippen molar-refractivity contribution >= 4 is 0 Å². The fraction of sp³-hybridized carbons (Fsp3) is 1.00. The van der Waals surface area contributed by atoms with Crippen LogP contribution in [0.3, 0.4) is 0 Å². The molecule has 2 aliphatic carbocycles. The quantitative estimate of drug-likeness (QED) is 0.608.